The molecule has 3 atom stereocenters. The van der Waals surface area contributed by atoms with Gasteiger partial charge in [0.25, 0.3) is 0 Å². The first-order valence-electron chi connectivity index (χ1n) is 15.0. The number of nitrogens with zero attached hydrogens (tertiary/aromatic N) is 7. The van der Waals surface area contributed by atoms with Crippen LogP contribution in [-0.4, -0.2) is 125 Å². The second kappa shape index (κ2) is 13.8. The van der Waals surface area contributed by atoms with Crippen LogP contribution in [0.4, 0.5) is 21.7 Å². The zero-order valence-corrected chi connectivity index (χ0v) is 24.4. The maximum Gasteiger partial charge on any atom is 0.230 e. The van der Waals surface area contributed by atoms with Gasteiger partial charge < -0.3 is 29.9 Å². The number of piperidine rings is 1. The number of likely N-dealkylation sites (tertiary alicyclic amines) is 1. The molecule has 3 aromatic rings. The Hall–Kier alpha value is -3.93. The van der Waals surface area contributed by atoms with Crippen LogP contribution in [-0.2, 0) is 4.74 Å². The third-order valence-corrected chi connectivity index (χ3v) is 8.39. The summed E-state index contributed by atoms with van der Waals surface area (Å²) >= 11 is 0. The topological polar surface area (TPSA) is 143 Å². The smallest absolute Gasteiger partial charge is 0.230 e. The lowest BCUT2D eigenvalue weighted by molar-refractivity contribution is -0.0660. The van der Waals surface area contributed by atoms with Crippen LogP contribution >= 0.6 is 0 Å². The lowest BCUT2D eigenvalue weighted by atomic mass is 10.0. The summed E-state index contributed by atoms with van der Waals surface area (Å²) in [7, 11) is 0. The molecule has 3 N–H and O–H groups in total. The first kappa shape index (κ1) is 30.1. The van der Waals surface area contributed by atoms with Crippen molar-refractivity contribution in [3.8, 4) is 23.2 Å². The zero-order valence-electron chi connectivity index (χ0n) is 24.4. The predicted octanol–water partition coefficient (Wildman–Crippen LogP) is 1.82. The lowest BCUT2D eigenvalue weighted by Gasteiger charge is -2.43. The molecule has 0 amide bonds. The molecule has 4 heterocycles. The summed E-state index contributed by atoms with van der Waals surface area (Å²) in [5.41, 5.74) is 2.87. The molecule has 44 heavy (non-hydrogen) atoms. The van der Waals surface area contributed by atoms with Crippen molar-refractivity contribution in [3.05, 3.63) is 54.4 Å². The van der Waals surface area contributed by atoms with Crippen molar-refractivity contribution in [2.45, 2.75) is 30.8 Å². The van der Waals surface area contributed by atoms with Gasteiger partial charge in [-0.3, -0.25) is 9.80 Å². The number of β-amino-alcohol motifs (C(OH)–C–C–N with tert-alkyl or cyclic N) is 1. The Bertz CT molecular complexity index is 1450. The van der Waals surface area contributed by atoms with Crippen molar-refractivity contribution in [2.75, 3.05) is 75.9 Å². The Labute approximate surface area is 255 Å². The highest BCUT2D eigenvalue weighted by Crippen LogP contribution is 2.29. The van der Waals surface area contributed by atoms with Crippen molar-refractivity contribution < 1.29 is 24.1 Å². The molecule has 2 aromatic carbocycles. The number of ether oxygens (including phenoxy) is 2. The molecule has 0 radical (unpaired) electrons. The molecule has 0 saturated carbocycles. The maximum atomic E-state index is 14.9. The summed E-state index contributed by atoms with van der Waals surface area (Å²) < 4.78 is 26.1. The van der Waals surface area contributed by atoms with Gasteiger partial charge >= 0.3 is 0 Å². The molecule has 3 saturated heterocycles. The van der Waals surface area contributed by atoms with Gasteiger partial charge in [-0.25, -0.2) is 14.4 Å². The number of hydrogen-bond donors (Lipinski definition) is 3. The van der Waals surface area contributed by atoms with E-state index in [1.54, 1.807) is 23.1 Å². The second-order valence-electron chi connectivity index (χ2n) is 11.4. The van der Waals surface area contributed by atoms with Crippen molar-refractivity contribution >= 4 is 17.3 Å². The first-order valence-corrected chi connectivity index (χ1v) is 15.0. The highest BCUT2D eigenvalue weighted by molar-refractivity contribution is 5.64. The molecule has 1 unspecified atom stereocenters. The van der Waals surface area contributed by atoms with E-state index in [0.29, 0.717) is 42.1 Å². The highest BCUT2D eigenvalue weighted by atomic mass is 19.1. The van der Waals surface area contributed by atoms with Crippen molar-refractivity contribution in [3.63, 3.8) is 0 Å². The summed E-state index contributed by atoms with van der Waals surface area (Å²) in [5.74, 6) is 1.05. The molecule has 6 rings (SSSR count). The van der Waals surface area contributed by atoms with Gasteiger partial charge in [0, 0.05) is 62.8 Å². The van der Waals surface area contributed by atoms with E-state index in [4.69, 9.17) is 14.6 Å². The van der Waals surface area contributed by atoms with E-state index < -0.39 is 18.4 Å². The normalized spacial score (nSPS) is 22.2. The minimum Gasteiger partial charge on any atom is -0.486 e. The highest BCUT2D eigenvalue weighted by Gasteiger charge is 2.32. The third-order valence-electron chi connectivity index (χ3n) is 8.39. The summed E-state index contributed by atoms with van der Waals surface area (Å²) in [6, 6.07) is 15.9. The first-order chi connectivity index (χ1) is 21.5. The van der Waals surface area contributed by atoms with Gasteiger partial charge in [-0.05, 0) is 48.9 Å². The van der Waals surface area contributed by atoms with Crippen molar-refractivity contribution in [1.29, 1.82) is 5.26 Å². The molecule has 3 fully saturated rings. The average Bonchev–Trinajstić information content (AvgIpc) is 3.02. The summed E-state index contributed by atoms with van der Waals surface area (Å²) in [5, 5.41) is 31.7. The number of rotatable bonds is 10. The largest absolute Gasteiger partial charge is 0.486 e. The Morgan fingerprint density at radius 1 is 1.09 bits per heavy atom. The number of benzene rings is 2. The number of piperazine rings is 1. The number of halogens is 1. The van der Waals surface area contributed by atoms with E-state index >= 15 is 0 Å². The van der Waals surface area contributed by atoms with Crippen LogP contribution in [0.2, 0.25) is 0 Å². The quantitative estimate of drug-likeness (QED) is 0.311. The molecular formula is C31H37FN8O4. The molecule has 3 aliphatic heterocycles. The molecule has 0 aliphatic carbocycles. The molecule has 0 spiro atoms. The van der Waals surface area contributed by atoms with Crippen LogP contribution in [0.5, 0.6) is 5.75 Å². The number of alkyl halides is 1. The fourth-order valence-corrected chi connectivity index (χ4v) is 5.78. The van der Waals surface area contributed by atoms with Crippen LogP contribution in [0.3, 0.4) is 0 Å². The van der Waals surface area contributed by atoms with Crippen LogP contribution in [0, 0.1) is 11.3 Å². The molecule has 0 bridgehead atoms. The Kier molecular flexibility index (Phi) is 9.44. The molecule has 13 heteroatoms. The van der Waals surface area contributed by atoms with Gasteiger partial charge in [0.2, 0.25) is 5.95 Å². The molecular weight excluding hydrogens is 567 g/mol. The third kappa shape index (κ3) is 7.06. The van der Waals surface area contributed by atoms with Gasteiger partial charge in [0.15, 0.2) is 5.82 Å². The summed E-state index contributed by atoms with van der Waals surface area (Å²) in [6.07, 6.45) is -1.13. The SMILES string of the molecule is N#Cc1cc(-c2ncnc(Nc3ccc(N4CCN(C5COC5)CC4)cc3)n2)ccc1O[C@H]1CCN(CC(O)CO)C[C@H]1F. The molecule has 12 nitrogen and oxygen atoms in total. The van der Waals surface area contributed by atoms with Gasteiger partial charge in [-0.2, -0.15) is 10.2 Å². The van der Waals surface area contributed by atoms with E-state index in [-0.39, 0.29) is 25.3 Å². The van der Waals surface area contributed by atoms with Gasteiger partial charge in [0.05, 0.1) is 37.5 Å². The number of hydrogen-bond acceptors (Lipinski definition) is 12. The molecule has 3 aliphatic rings. The number of anilines is 3. The van der Waals surface area contributed by atoms with E-state index in [1.807, 2.05) is 12.1 Å². The minimum atomic E-state index is -1.30. The Balaban J connectivity index is 1.06. The lowest BCUT2D eigenvalue weighted by Crippen LogP contribution is -2.56. The number of aliphatic hydroxyl groups is 2. The average molecular weight is 605 g/mol. The van der Waals surface area contributed by atoms with Crippen LogP contribution < -0.4 is 15.0 Å². The van der Waals surface area contributed by atoms with Gasteiger partial charge in [0.1, 0.15) is 30.4 Å². The van der Waals surface area contributed by atoms with E-state index in [2.05, 4.69) is 48.3 Å². The van der Waals surface area contributed by atoms with Gasteiger partial charge in [-0.15, -0.1) is 0 Å². The zero-order chi connectivity index (χ0) is 30.5. The van der Waals surface area contributed by atoms with Crippen molar-refractivity contribution in [2.24, 2.45) is 0 Å². The Morgan fingerprint density at radius 2 is 1.89 bits per heavy atom. The van der Waals surface area contributed by atoms with E-state index in [1.165, 1.54) is 12.0 Å². The second-order valence-corrected chi connectivity index (χ2v) is 11.4. The monoisotopic (exact) mass is 604 g/mol. The number of nitriles is 1. The van der Waals surface area contributed by atoms with Crippen LogP contribution in [0.25, 0.3) is 11.4 Å². The predicted molar refractivity (Wildman–Crippen MR) is 162 cm³/mol. The minimum absolute atomic E-state index is 0.0820. The maximum absolute atomic E-state index is 14.9. The molecule has 232 valence electrons. The van der Waals surface area contributed by atoms with Crippen molar-refractivity contribution in [1.82, 2.24) is 24.8 Å². The fraction of sp³-hybridized carbons (Fsp3) is 0.484. The number of nitrogens with one attached hydrogen (secondary N) is 1. The van der Waals surface area contributed by atoms with E-state index in [0.717, 1.165) is 45.1 Å². The fourth-order valence-electron chi connectivity index (χ4n) is 5.78. The van der Waals surface area contributed by atoms with Crippen LogP contribution in [0.15, 0.2) is 48.8 Å². The number of aromatic nitrogens is 3. The standard InChI is InChI=1S/C31H37FN8O4/c32-27-16-38(15-26(42)17-41)8-7-29(27)44-28-6-1-21(13-22(28)14-33)30-34-20-35-31(37-30)36-23-2-4-24(5-3-23)39-9-11-40(12-10-39)25-18-43-19-25/h1-6,13,20,25-27,29,41-42H,7-12,15-19H2,(H,34,35,36,37)/t26?,27-,29+/m1/s1. The van der Waals surface area contributed by atoms with E-state index in [9.17, 15) is 14.8 Å². The van der Waals surface area contributed by atoms with Gasteiger partial charge in [-0.1, -0.05) is 0 Å². The Morgan fingerprint density at radius 3 is 2.57 bits per heavy atom. The summed E-state index contributed by atoms with van der Waals surface area (Å²) in [6.45, 7) is 6.16. The molecule has 1 aromatic heterocycles. The number of aliphatic hydroxyl groups excluding tert-OH is 2. The van der Waals surface area contributed by atoms with Crippen LogP contribution in [0.1, 0.15) is 12.0 Å². The summed E-state index contributed by atoms with van der Waals surface area (Å²) in [4.78, 5) is 19.8.